The lowest BCUT2D eigenvalue weighted by atomic mass is 10.2. The van der Waals surface area contributed by atoms with Crippen molar-refractivity contribution in [3.8, 4) is 5.75 Å². The molecule has 1 aromatic rings. The van der Waals surface area contributed by atoms with Crippen LogP contribution < -0.4 is 15.4 Å². The maximum atomic E-state index is 11.6. The number of rotatable bonds is 10. The van der Waals surface area contributed by atoms with Crippen molar-refractivity contribution in [1.82, 2.24) is 10.6 Å². The molecular formula is C17H28N2O2. The molecule has 118 valence electrons. The normalized spacial score (nSPS) is 12.0. The molecule has 0 aliphatic rings. The quantitative estimate of drug-likeness (QED) is 0.652. The van der Waals surface area contributed by atoms with Gasteiger partial charge in [-0.1, -0.05) is 31.9 Å². The van der Waals surface area contributed by atoms with Crippen LogP contribution in [0.5, 0.6) is 5.75 Å². The summed E-state index contributed by atoms with van der Waals surface area (Å²) in [7, 11) is 0. The van der Waals surface area contributed by atoms with Gasteiger partial charge in [0.2, 0.25) is 5.91 Å². The number of ether oxygens (including phenoxy) is 1. The summed E-state index contributed by atoms with van der Waals surface area (Å²) in [5, 5.41) is 6.01. The molecule has 0 aliphatic carbocycles. The van der Waals surface area contributed by atoms with Gasteiger partial charge in [0.1, 0.15) is 5.75 Å². The summed E-state index contributed by atoms with van der Waals surface area (Å²) in [6.07, 6.45) is 3.52. The molecule has 0 aromatic heterocycles. The molecule has 0 fully saturated rings. The summed E-state index contributed by atoms with van der Waals surface area (Å²) in [6.45, 7) is 8.09. The van der Waals surface area contributed by atoms with Crippen molar-refractivity contribution in [2.75, 3.05) is 13.2 Å². The largest absolute Gasteiger partial charge is 0.494 e. The van der Waals surface area contributed by atoms with E-state index in [1.165, 1.54) is 12.8 Å². The van der Waals surface area contributed by atoms with Gasteiger partial charge in [0.15, 0.2) is 0 Å². The van der Waals surface area contributed by atoms with Crippen LogP contribution in [0.4, 0.5) is 0 Å². The maximum Gasteiger partial charge on any atom is 0.236 e. The molecular weight excluding hydrogens is 264 g/mol. The zero-order valence-corrected chi connectivity index (χ0v) is 13.4. The van der Waals surface area contributed by atoms with Crippen molar-refractivity contribution in [1.29, 1.82) is 0 Å². The zero-order chi connectivity index (χ0) is 15.5. The molecule has 1 aromatic carbocycles. The van der Waals surface area contributed by atoms with Crippen LogP contribution in [0.1, 0.15) is 45.6 Å². The Bertz CT molecular complexity index is 404. The van der Waals surface area contributed by atoms with Gasteiger partial charge in [-0.2, -0.15) is 0 Å². The van der Waals surface area contributed by atoms with Gasteiger partial charge in [-0.05, 0) is 38.0 Å². The van der Waals surface area contributed by atoms with E-state index < -0.39 is 0 Å². The summed E-state index contributed by atoms with van der Waals surface area (Å²) in [6, 6.07) is 7.86. The van der Waals surface area contributed by atoms with Crippen LogP contribution >= 0.6 is 0 Å². The van der Waals surface area contributed by atoms with Crippen molar-refractivity contribution in [3.05, 3.63) is 29.8 Å². The Morgan fingerprint density at radius 2 is 1.90 bits per heavy atom. The molecule has 0 aliphatic heterocycles. The summed E-state index contributed by atoms with van der Waals surface area (Å²) in [5.41, 5.74) is 1.15. The minimum atomic E-state index is -0.185. The van der Waals surface area contributed by atoms with Crippen molar-refractivity contribution >= 4 is 5.91 Å². The molecule has 1 unspecified atom stereocenters. The molecule has 1 rings (SSSR count). The third-order valence-electron chi connectivity index (χ3n) is 3.30. The minimum Gasteiger partial charge on any atom is -0.494 e. The summed E-state index contributed by atoms with van der Waals surface area (Å²) in [5.74, 6) is 0.944. The molecule has 0 bridgehead atoms. The van der Waals surface area contributed by atoms with E-state index in [-0.39, 0.29) is 11.9 Å². The number of likely N-dealkylation sites (N-methyl/N-ethyl adjacent to an activating group) is 1. The molecule has 4 nitrogen and oxygen atoms in total. The number of unbranched alkanes of at least 4 members (excludes halogenated alkanes) is 2. The smallest absolute Gasteiger partial charge is 0.236 e. The van der Waals surface area contributed by atoms with Crippen molar-refractivity contribution in [2.24, 2.45) is 0 Å². The first kappa shape index (κ1) is 17.5. The van der Waals surface area contributed by atoms with Crippen LogP contribution in [-0.4, -0.2) is 25.1 Å². The van der Waals surface area contributed by atoms with Gasteiger partial charge in [0.05, 0.1) is 12.6 Å². The summed E-state index contributed by atoms with van der Waals surface area (Å²) < 4.78 is 5.67. The highest BCUT2D eigenvalue weighted by molar-refractivity contribution is 5.81. The fourth-order valence-electron chi connectivity index (χ4n) is 1.94. The lowest BCUT2D eigenvalue weighted by Gasteiger charge is -2.13. The third kappa shape index (κ3) is 7.14. The highest BCUT2D eigenvalue weighted by Crippen LogP contribution is 2.13. The van der Waals surface area contributed by atoms with E-state index >= 15 is 0 Å². The Morgan fingerprint density at radius 1 is 1.19 bits per heavy atom. The second-order valence-electron chi connectivity index (χ2n) is 5.20. The van der Waals surface area contributed by atoms with E-state index in [2.05, 4.69) is 17.6 Å². The molecule has 1 amide bonds. The number of hydrogen-bond donors (Lipinski definition) is 2. The van der Waals surface area contributed by atoms with Gasteiger partial charge >= 0.3 is 0 Å². The molecule has 2 N–H and O–H groups in total. The third-order valence-corrected chi connectivity index (χ3v) is 3.30. The topological polar surface area (TPSA) is 50.4 Å². The number of carbonyl (C=O) groups is 1. The number of hydrogen-bond acceptors (Lipinski definition) is 3. The molecule has 0 saturated carbocycles. The monoisotopic (exact) mass is 292 g/mol. The average Bonchev–Trinajstić information content (AvgIpc) is 2.50. The predicted molar refractivity (Wildman–Crippen MR) is 86.4 cm³/mol. The zero-order valence-electron chi connectivity index (χ0n) is 13.4. The number of carbonyl (C=O) groups excluding carboxylic acids is 1. The molecule has 0 spiro atoms. The highest BCUT2D eigenvalue weighted by atomic mass is 16.5. The molecule has 0 heterocycles. The van der Waals surface area contributed by atoms with Crippen LogP contribution in [-0.2, 0) is 11.3 Å². The van der Waals surface area contributed by atoms with Crippen LogP contribution in [0, 0.1) is 0 Å². The first-order valence-electron chi connectivity index (χ1n) is 7.90. The number of amides is 1. The van der Waals surface area contributed by atoms with E-state index in [1.54, 1.807) is 0 Å². The Hall–Kier alpha value is -1.55. The predicted octanol–water partition coefficient (Wildman–Crippen LogP) is 2.87. The Kier molecular flexibility index (Phi) is 8.51. The molecule has 0 saturated heterocycles. The standard InChI is InChI=1S/C17H28N2O2/c1-4-6-7-12-21-16-10-8-15(9-11-16)13-19-14(3)17(20)18-5-2/h8-11,14,19H,4-7,12-13H2,1-3H3,(H,18,20). The molecule has 1 atom stereocenters. The Balaban J connectivity index is 2.32. The van der Waals surface area contributed by atoms with Gasteiger partial charge in [0.25, 0.3) is 0 Å². The Labute approximate surface area is 128 Å². The minimum absolute atomic E-state index is 0.0355. The van der Waals surface area contributed by atoms with E-state index in [0.29, 0.717) is 13.1 Å². The van der Waals surface area contributed by atoms with Gasteiger partial charge < -0.3 is 15.4 Å². The maximum absolute atomic E-state index is 11.6. The van der Waals surface area contributed by atoms with Crippen LogP contribution in [0.15, 0.2) is 24.3 Å². The molecule has 21 heavy (non-hydrogen) atoms. The first-order chi connectivity index (χ1) is 10.2. The van der Waals surface area contributed by atoms with Crippen LogP contribution in [0.25, 0.3) is 0 Å². The van der Waals surface area contributed by atoms with Crippen molar-refractivity contribution in [3.63, 3.8) is 0 Å². The summed E-state index contributed by atoms with van der Waals surface area (Å²) in [4.78, 5) is 11.6. The van der Waals surface area contributed by atoms with E-state index in [9.17, 15) is 4.79 Å². The lowest BCUT2D eigenvalue weighted by molar-refractivity contribution is -0.122. The van der Waals surface area contributed by atoms with E-state index in [4.69, 9.17) is 4.74 Å². The Morgan fingerprint density at radius 3 is 2.52 bits per heavy atom. The SMILES string of the molecule is CCCCCOc1ccc(CNC(C)C(=O)NCC)cc1. The fourth-order valence-corrected chi connectivity index (χ4v) is 1.94. The number of nitrogens with one attached hydrogen (secondary N) is 2. The lowest BCUT2D eigenvalue weighted by Crippen LogP contribution is -2.41. The van der Waals surface area contributed by atoms with Crippen molar-refractivity contribution < 1.29 is 9.53 Å². The molecule has 0 radical (unpaired) electrons. The average molecular weight is 292 g/mol. The van der Waals surface area contributed by atoms with Crippen molar-refractivity contribution in [2.45, 2.75) is 52.6 Å². The second-order valence-corrected chi connectivity index (χ2v) is 5.20. The van der Waals surface area contributed by atoms with E-state index in [0.717, 1.165) is 24.3 Å². The van der Waals surface area contributed by atoms with Crippen LogP contribution in [0.2, 0.25) is 0 Å². The first-order valence-corrected chi connectivity index (χ1v) is 7.90. The fraction of sp³-hybridized carbons (Fsp3) is 0.588. The number of benzene rings is 1. The highest BCUT2D eigenvalue weighted by Gasteiger charge is 2.10. The second kappa shape index (κ2) is 10.2. The van der Waals surface area contributed by atoms with Gasteiger partial charge in [-0.25, -0.2) is 0 Å². The van der Waals surface area contributed by atoms with Gasteiger partial charge in [-0.3, -0.25) is 4.79 Å². The van der Waals surface area contributed by atoms with E-state index in [1.807, 2.05) is 38.1 Å². The summed E-state index contributed by atoms with van der Waals surface area (Å²) >= 11 is 0. The van der Waals surface area contributed by atoms with Crippen LogP contribution in [0.3, 0.4) is 0 Å². The van der Waals surface area contributed by atoms with Gasteiger partial charge in [0, 0.05) is 13.1 Å². The molecule has 4 heteroatoms. The van der Waals surface area contributed by atoms with Gasteiger partial charge in [-0.15, -0.1) is 0 Å².